The molecule has 0 fully saturated rings. The first-order valence-electron chi connectivity index (χ1n) is 7.56. The lowest BCUT2D eigenvalue weighted by Crippen LogP contribution is -2.10. The number of aromatic nitrogens is 4. The van der Waals surface area contributed by atoms with Crippen molar-refractivity contribution in [2.45, 2.75) is 33.6 Å². The predicted molar refractivity (Wildman–Crippen MR) is 84.0 cm³/mol. The van der Waals surface area contributed by atoms with Gasteiger partial charge in [0.15, 0.2) is 0 Å². The van der Waals surface area contributed by atoms with Crippen LogP contribution in [0, 0.1) is 6.92 Å². The number of nitrogens with zero attached hydrogens (tertiary/aromatic N) is 4. The van der Waals surface area contributed by atoms with Gasteiger partial charge in [0.05, 0.1) is 17.1 Å². The molecule has 2 aromatic rings. The van der Waals surface area contributed by atoms with Gasteiger partial charge in [-0.05, 0) is 26.7 Å². The summed E-state index contributed by atoms with van der Waals surface area (Å²) in [7, 11) is 1.95. The van der Waals surface area contributed by atoms with Crippen LogP contribution in [-0.4, -0.2) is 39.1 Å². The van der Waals surface area contributed by atoms with E-state index < -0.39 is 0 Å². The molecule has 0 aromatic carbocycles. The van der Waals surface area contributed by atoms with Crippen molar-refractivity contribution in [3.63, 3.8) is 0 Å². The van der Waals surface area contributed by atoms with E-state index in [1.54, 1.807) is 0 Å². The molecule has 0 aliphatic heterocycles. The summed E-state index contributed by atoms with van der Waals surface area (Å²) >= 11 is 0. The SMILES string of the molecule is CCOCCCNc1nc(C)cn1-c1cn(C)nc1CC. The van der Waals surface area contributed by atoms with E-state index in [1.165, 1.54) is 0 Å². The zero-order chi connectivity index (χ0) is 15.2. The van der Waals surface area contributed by atoms with Gasteiger partial charge < -0.3 is 10.1 Å². The van der Waals surface area contributed by atoms with Gasteiger partial charge in [-0.15, -0.1) is 0 Å². The van der Waals surface area contributed by atoms with E-state index in [0.29, 0.717) is 0 Å². The van der Waals surface area contributed by atoms with E-state index in [2.05, 4.69) is 26.9 Å². The molecule has 0 radical (unpaired) electrons. The van der Waals surface area contributed by atoms with Crippen molar-refractivity contribution in [2.75, 3.05) is 25.1 Å². The smallest absolute Gasteiger partial charge is 0.207 e. The Balaban J connectivity index is 2.12. The first kappa shape index (κ1) is 15.6. The van der Waals surface area contributed by atoms with Crippen LogP contribution in [0.25, 0.3) is 5.69 Å². The third kappa shape index (κ3) is 3.85. The summed E-state index contributed by atoms with van der Waals surface area (Å²) in [5.41, 5.74) is 3.16. The van der Waals surface area contributed by atoms with Crippen LogP contribution in [0.15, 0.2) is 12.4 Å². The molecule has 6 heteroatoms. The molecule has 0 amide bonds. The number of hydrogen-bond acceptors (Lipinski definition) is 4. The lowest BCUT2D eigenvalue weighted by molar-refractivity contribution is 0.147. The highest BCUT2D eigenvalue weighted by Crippen LogP contribution is 2.20. The summed E-state index contributed by atoms with van der Waals surface area (Å²) in [6, 6.07) is 0. The molecular weight excluding hydrogens is 266 g/mol. The first-order chi connectivity index (χ1) is 10.2. The Morgan fingerprint density at radius 1 is 1.29 bits per heavy atom. The molecule has 1 N–H and O–H groups in total. The van der Waals surface area contributed by atoms with Crippen LogP contribution >= 0.6 is 0 Å². The molecule has 0 spiro atoms. The second-order valence-electron chi connectivity index (χ2n) is 5.04. The number of aryl methyl sites for hydroxylation is 3. The fourth-order valence-electron chi connectivity index (χ4n) is 2.30. The van der Waals surface area contributed by atoms with Crippen LogP contribution < -0.4 is 5.32 Å². The maximum atomic E-state index is 5.35. The number of anilines is 1. The van der Waals surface area contributed by atoms with Crippen molar-refractivity contribution in [1.29, 1.82) is 0 Å². The fraction of sp³-hybridized carbons (Fsp3) is 0.600. The summed E-state index contributed by atoms with van der Waals surface area (Å²) in [6.45, 7) is 8.52. The van der Waals surface area contributed by atoms with Crippen LogP contribution in [0.5, 0.6) is 0 Å². The molecule has 6 nitrogen and oxygen atoms in total. The van der Waals surface area contributed by atoms with E-state index in [4.69, 9.17) is 4.74 Å². The Hall–Kier alpha value is -1.82. The fourth-order valence-corrected chi connectivity index (χ4v) is 2.30. The summed E-state index contributed by atoms with van der Waals surface area (Å²) in [4.78, 5) is 4.56. The van der Waals surface area contributed by atoms with Gasteiger partial charge in [-0.1, -0.05) is 6.92 Å². The largest absolute Gasteiger partial charge is 0.382 e. The van der Waals surface area contributed by atoms with Gasteiger partial charge in [0, 0.05) is 39.2 Å². The molecule has 0 aliphatic carbocycles. The van der Waals surface area contributed by atoms with Crippen LogP contribution in [0.3, 0.4) is 0 Å². The van der Waals surface area contributed by atoms with Gasteiger partial charge in [-0.3, -0.25) is 9.25 Å². The Morgan fingerprint density at radius 2 is 2.10 bits per heavy atom. The normalized spacial score (nSPS) is 11.0. The Morgan fingerprint density at radius 3 is 2.81 bits per heavy atom. The van der Waals surface area contributed by atoms with Crippen molar-refractivity contribution < 1.29 is 4.74 Å². The quantitative estimate of drug-likeness (QED) is 0.758. The second kappa shape index (κ2) is 7.26. The van der Waals surface area contributed by atoms with Gasteiger partial charge in [0.1, 0.15) is 0 Å². The molecule has 2 aromatic heterocycles. The predicted octanol–water partition coefficient (Wildman–Crippen LogP) is 2.32. The molecule has 2 heterocycles. The third-order valence-electron chi connectivity index (χ3n) is 3.26. The highest BCUT2D eigenvalue weighted by Gasteiger charge is 2.13. The molecule has 2 rings (SSSR count). The van der Waals surface area contributed by atoms with Crippen molar-refractivity contribution in [3.8, 4) is 5.69 Å². The number of nitrogens with one attached hydrogen (secondary N) is 1. The van der Waals surface area contributed by atoms with E-state index >= 15 is 0 Å². The number of hydrogen-bond donors (Lipinski definition) is 1. The van der Waals surface area contributed by atoms with Crippen molar-refractivity contribution in [2.24, 2.45) is 7.05 Å². The van der Waals surface area contributed by atoms with Crippen LogP contribution in [0.4, 0.5) is 5.95 Å². The van der Waals surface area contributed by atoms with Crippen molar-refractivity contribution in [1.82, 2.24) is 19.3 Å². The molecule has 0 saturated carbocycles. The minimum atomic E-state index is 0.767. The van der Waals surface area contributed by atoms with E-state index in [0.717, 1.165) is 55.6 Å². The Bertz CT molecular complexity index is 573. The van der Waals surface area contributed by atoms with Gasteiger partial charge in [-0.25, -0.2) is 4.98 Å². The average molecular weight is 291 g/mol. The zero-order valence-electron chi connectivity index (χ0n) is 13.4. The number of imidazole rings is 1. The van der Waals surface area contributed by atoms with Gasteiger partial charge in [-0.2, -0.15) is 5.10 Å². The maximum absolute atomic E-state index is 5.35. The molecule has 0 aliphatic rings. The summed E-state index contributed by atoms with van der Waals surface area (Å²) in [6.07, 6.45) is 5.94. The molecule has 116 valence electrons. The van der Waals surface area contributed by atoms with Gasteiger partial charge >= 0.3 is 0 Å². The van der Waals surface area contributed by atoms with Gasteiger partial charge in [0.2, 0.25) is 5.95 Å². The monoisotopic (exact) mass is 291 g/mol. The lowest BCUT2D eigenvalue weighted by atomic mass is 10.3. The minimum absolute atomic E-state index is 0.767. The topological polar surface area (TPSA) is 56.9 Å². The summed E-state index contributed by atoms with van der Waals surface area (Å²) < 4.78 is 9.29. The molecule has 0 bridgehead atoms. The van der Waals surface area contributed by atoms with Crippen LogP contribution in [-0.2, 0) is 18.2 Å². The molecule has 0 atom stereocenters. The molecule has 0 saturated heterocycles. The second-order valence-corrected chi connectivity index (χ2v) is 5.04. The highest BCUT2D eigenvalue weighted by molar-refractivity contribution is 5.45. The van der Waals surface area contributed by atoms with E-state index in [1.807, 2.05) is 38.0 Å². The number of rotatable bonds is 8. The molecular formula is C15H25N5O. The molecule has 0 unspecified atom stereocenters. The van der Waals surface area contributed by atoms with Crippen molar-refractivity contribution >= 4 is 5.95 Å². The van der Waals surface area contributed by atoms with Crippen LogP contribution in [0.2, 0.25) is 0 Å². The van der Waals surface area contributed by atoms with E-state index in [-0.39, 0.29) is 0 Å². The summed E-state index contributed by atoms with van der Waals surface area (Å²) in [5, 5.41) is 7.88. The Labute approximate surface area is 126 Å². The van der Waals surface area contributed by atoms with Crippen molar-refractivity contribution in [3.05, 3.63) is 23.8 Å². The van der Waals surface area contributed by atoms with Gasteiger partial charge in [0.25, 0.3) is 0 Å². The summed E-state index contributed by atoms with van der Waals surface area (Å²) in [5.74, 6) is 0.867. The molecule has 21 heavy (non-hydrogen) atoms. The standard InChI is InChI=1S/C15H25N5O/c1-5-13-14(11-19(4)18-13)20-10-12(3)17-15(20)16-8-7-9-21-6-2/h10-11H,5-9H2,1-4H3,(H,16,17). The average Bonchev–Trinajstić information content (AvgIpc) is 3.01. The Kier molecular flexibility index (Phi) is 5.38. The van der Waals surface area contributed by atoms with E-state index in [9.17, 15) is 0 Å². The third-order valence-corrected chi connectivity index (χ3v) is 3.26. The first-order valence-corrected chi connectivity index (χ1v) is 7.56. The minimum Gasteiger partial charge on any atom is -0.382 e. The zero-order valence-corrected chi connectivity index (χ0v) is 13.4. The van der Waals surface area contributed by atoms with Crippen LogP contribution in [0.1, 0.15) is 31.7 Å². The number of ether oxygens (including phenoxy) is 1. The maximum Gasteiger partial charge on any atom is 0.207 e. The lowest BCUT2D eigenvalue weighted by Gasteiger charge is -2.09. The highest BCUT2D eigenvalue weighted by atomic mass is 16.5.